The molecule has 4 nitrogen and oxygen atoms in total. The van der Waals surface area contributed by atoms with Crippen molar-refractivity contribution in [1.82, 2.24) is 0 Å². The summed E-state index contributed by atoms with van der Waals surface area (Å²) in [6, 6.07) is 11.0. The van der Waals surface area contributed by atoms with Gasteiger partial charge in [-0.25, -0.2) is 4.79 Å². The molecule has 0 aliphatic carbocycles. The van der Waals surface area contributed by atoms with Gasteiger partial charge in [0.25, 0.3) is 0 Å². The van der Waals surface area contributed by atoms with E-state index in [1.165, 1.54) is 14.2 Å². The van der Waals surface area contributed by atoms with E-state index in [0.29, 0.717) is 12.0 Å². The molecular formula is C17H18O4. The molecule has 110 valence electrons. The Kier molecular flexibility index (Phi) is 4.58. The third kappa shape index (κ3) is 2.75. The molecule has 2 rings (SSSR count). The number of ether oxygens (including phenoxy) is 2. The number of methoxy groups -OCH3 is 2. The van der Waals surface area contributed by atoms with Gasteiger partial charge in [0.2, 0.25) is 0 Å². The van der Waals surface area contributed by atoms with Gasteiger partial charge in [0.15, 0.2) is 0 Å². The molecule has 0 saturated heterocycles. The van der Waals surface area contributed by atoms with Crippen molar-refractivity contribution in [1.29, 1.82) is 0 Å². The molecule has 0 radical (unpaired) electrons. The van der Waals surface area contributed by atoms with Crippen LogP contribution in [0.5, 0.6) is 0 Å². The minimum atomic E-state index is -0.385. The number of carbonyl (C=O) groups excluding carboxylic acids is 2. The van der Waals surface area contributed by atoms with E-state index in [4.69, 9.17) is 9.47 Å². The summed E-state index contributed by atoms with van der Waals surface area (Å²) < 4.78 is 9.68. The van der Waals surface area contributed by atoms with Gasteiger partial charge in [-0.2, -0.15) is 0 Å². The molecule has 21 heavy (non-hydrogen) atoms. The van der Waals surface area contributed by atoms with E-state index in [1.54, 1.807) is 12.1 Å². The van der Waals surface area contributed by atoms with E-state index in [9.17, 15) is 9.59 Å². The Balaban J connectivity index is 2.67. The van der Waals surface area contributed by atoms with Crippen molar-refractivity contribution in [2.24, 2.45) is 0 Å². The van der Waals surface area contributed by atoms with Crippen molar-refractivity contribution < 1.29 is 19.1 Å². The molecule has 4 heteroatoms. The zero-order valence-electron chi connectivity index (χ0n) is 12.4. The first kappa shape index (κ1) is 15.0. The maximum Gasteiger partial charge on any atom is 0.338 e. The number of fused-ring (bicyclic) bond motifs is 1. The van der Waals surface area contributed by atoms with Gasteiger partial charge in [-0.05, 0) is 28.8 Å². The fraction of sp³-hybridized carbons (Fsp3) is 0.294. The summed E-state index contributed by atoms with van der Waals surface area (Å²) in [7, 11) is 2.74. The maximum absolute atomic E-state index is 11.9. The lowest BCUT2D eigenvalue weighted by molar-refractivity contribution is -0.142. The number of carbonyl (C=O) groups is 2. The predicted molar refractivity (Wildman–Crippen MR) is 80.3 cm³/mol. The van der Waals surface area contributed by atoms with Crippen LogP contribution >= 0.6 is 0 Å². The van der Waals surface area contributed by atoms with Gasteiger partial charge in [-0.3, -0.25) is 4.79 Å². The smallest absolute Gasteiger partial charge is 0.338 e. The molecule has 2 aromatic rings. The SMILES string of the molecule is CCC(C(=O)OC)c1ccc(C(=O)OC)c2ccccc12. The standard InChI is InChI=1S/C17H18O4/c1-4-11(16(18)20-2)14-9-10-15(17(19)21-3)13-8-6-5-7-12(13)14/h5-11H,4H2,1-3H3. The number of hydrogen-bond acceptors (Lipinski definition) is 4. The first-order valence-electron chi connectivity index (χ1n) is 6.81. The van der Waals surface area contributed by atoms with E-state index >= 15 is 0 Å². The largest absolute Gasteiger partial charge is 0.469 e. The fourth-order valence-electron chi connectivity index (χ4n) is 2.57. The molecule has 0 aliphatic heterocycles. The summed E-state index contributed by atoms with van der Waals surface area (Å²) >= 11 is 0. The fourth-order valence-corrected chi connectivity index (χ4v) is 2.57. The van der Waals surface area contributed by atoms with E-state index in [1.807, 2.05) is 31.2 Å². The normalized spacial score (nSPS) is 12.0. The molecule has 0 saturated carbocycles. The average Bonchev–Trinajstić information content (AvgIpc) is 2.54. The third-order valence-electron chi connectivity index (χ3n) is 3.63. The average molecular weight is 286 g/mol. The lowest BCUT2D eigenvalue weighted by atomic mass is 9.89. The Labute approximate surface area is 123 Å². The molecule has 0 N–H and O–H groups in total. The Morgan fingerprint density at radius 1 is 1.00 bits per heavy atom. The van der Waals surface area contributed by atoms with Crippen LogP contribution in [0.1, 0.15) is 35.2 Å². The van der Waals surface area contributed by atoms with Gasteiger partial charge in [-0.1, -0.05) is 37.3 Å². The topological polar surface area (TPSA) is 52.6 Å². The van der Waals surface area contributed by atoms with Crippen LogP contribution in [0.15, 0.2) is 36.4 Å². The van der Waals surface area contributed by atoms with Crippen molar-refractivity contribution in [3.8, 4) is 0 Å². The van der Waals surface area contributed by atoms with Gasteiger partial charge in [-0.15, -0.1) is 0 Å². The van der Waals surface area contributed by atoms with Gasteiger partial charge in [0.1, 0.15) is 0 Å². The number of hydrogen-bond donors (Lipinski definition) is 0. The van der Waals surface area contributed by atoms with Crippen molar-refractivity contribution in [2.45, 2.75) is 19.3 Å². The van der Waals surface area contributed by atoms with Crippen LogP contribution in [0, 0.1) is 0 Å². The molecular weight excluding hydrogens is 268 g/mol. The summed E-state index contributed by atoms with van der Waals surface area (Å²) in [6.07, 6.45) is 0.633. The minimum absolute atomic E-state index is 0.270. The zero-order chi connectivity index (χ0) is 15.4. The monoisotopic (exact) mass is 286 g/mol. The highest BCUT2D eigenvalue weighted by Crippen LogP contribution is 2.31. The van der Waals surface area contributed by atoms with Crippen LogP contribution in [0.2, 0.25) is 0 Å². The zero-order valence-corrected chi connectivity index (χ0v) is 12.4. The highest BCUT2D eigenvalue weighted by Gasteiger charge is 2.23. The van der Waals surface area contributed by atoms with Gasteiger partial charge in [0.05, 0.1) is 25.7 Å². The van der Waals surface area contributed by atoms with Crippen molar-refractivity contribution in [3.05, 3.63) is 47.5 Å². The molecule has 0 aliphatic rings. The maximum atomic E-state index is 11.9. The van der Waals surface area contributed by atoms with Gasteiger partial charge >= 0.3 is 11.9 Å². The Morgan fingerprint density at radius 2 is 1.67 bits per heavy atom. The molecule has 0 spiro atoms. The van der Waals surface area contributed by atoms with E-state index in [-0.39, 0.29) is 17.9 Å². The number of benzene rings is 2. The lowest BCUT2D eigenvalue weighted by Crippen LogP contribution is -2.14. The summed E-state index contributed by atoms with van der Waals surface area (Å²) in [6.45, 7) is 1.94. The summed E-state index contributed by atoms with van der Waals surface area (Å²) in [5.74, 6) is -0.996. The lowest BCUT2D eigenvalue weighted by Gasteiger charge is -2.16. The first-order valence-corrected chi connectivity index (χ1v) is 6.81. The van der Waals surface area contributed by atoms with E-state index in [2.05, 4.69) is 0 Å². The molecule has 1 atom stereocenters. The van der Waals surface area contributed by atoms with Crippen LogP contribution in [-0.2, 0) is 14.3 Å². The number of rotatable bonds is 4. The first-order chi connectivity index (χ1) is 10.1. The quantitative estimate of drug-likeness (QED) is 0.809. The van der Waals surface area contributed by atoms with E-state index < -0.39 is 0 Å². The summed E-state index contributed by atoms with van der Waals surface area (Å²) in [5, 5.41) is 1.65. The predicted octanol–water partition coefficient (Wildman–Crippen LogP) is 3.29. The highest BCUT2D eigenvalue weighted by molar-refractivity contribution is 6.06. The second kappa shape index (κ2) is 6.39. The van der Waals surface area contributed by atoms with Crippen molar-refractivity contribution >= 4 is 22.7 Å². The molecule has 0 aromatic heterocycles. The number of esters is 2. The van der Waals surface area contributed by atoms with Crippen LogP contribution in [-0.4, -0.2) is 26.2 Å². The second-order valence-corrected chi connectivity index (χ2v) is 4.72. The van der Waals surface area contributed by atoms with Crippen LogP contribution in [0.3, 0.4) is 0 Å². The minimum Gasteiger partial charge on any atom is -0.469 e. The summed E-state index contributed by atoms with van der Waals surface area (Å²) in [5.41, 5.74) is 1.36. The second-order valence-electron chi connectivity index (χ2n) is 4.72. The Bertz CT molecular complexity index is 676. The van der Waals surface area contributed by atoms with Crippen molar-refractivity contribution in [3.63, 3.8) is 0 Å². The van der Waals surface area contributed by atoms with Gasteiger partial charge in [0, 0.05) is 0 Å². The van der Waals surface area contributed by atoms with Crippen LogP contribution in [0.25, 0.3) is 10.8 Å². The molecule has 0 fully saturated rings. The molecule has 0 heterocycles. The van der Waals surface area contributed by atoms with E-state index in [0.717, 1.165) is 16.3 Å². The van der Waals surface area contributed by atoms with Gasteiger partial charge < -0.3 is 9.47 Å². The van der Waals surface area contributed by atoms with Crippen molar-refractivity contribution in [2.75, 3.05) is 14.2 Å². The Hall–Kier alpha value is -2.36. The third-order valence-corrected chi connectivity index (χ3v) is 3.63. The van der Waals surface area contributed by atoms with Crippen LogP contribution in [0.4, 0.5) is 0 Å². The molecule has 0 amide bonds. The highest BCUT2D eigenvalue weighted by atomic mass is 16.5. The van der Waals surface area contributed by atoms with Crippen LogP contribution < -0.4 is 0 Å². The molecule has 2 aromatic carbocycles. The Morgan fingerprint density at radius 3 is 2.24 bits per heavy atom. The molecule has 0 bridgehead atoms. The molecule has 1 unspecified atom stereocenters. The summed E-state index contributed by atoms with van der Waals surface area (Å²) in [4.78, 5) is 23.8.